The molecule has 1 aromatic rings. The van der Waals surface area contributed by atoms with Crippen LogP contribution < -0.4 is 5.32 Å². The van der Waals surface area contributed by atoms with Crippen LogP contribution in [0.2, 0.25) is 0 Å². The number of carbonyl (C=O) groups is 1. The molecular formula is C14H20N2OS. The van der Waals surface area contributed by atoms with Gasteiger partial charge in [0.15, 0.2) is 0 Å². The van der Waals surface area contributed by atoms with Crippen LogP contribution in [0.5, 0.6) is 0 Å². The van der Waals surface area contributed by atoms with Crippen molar-refractivity contribution in [3.63, 3.8) is 0 Å². The average molecular weight is 264 g/mol. The van der Waals surface area contributed by atoms with Crippen molar-refractivity contribution < 1.29 is 4.79 Å². The highest BCUT2D eigenvalue weighted by molar-refractivity contribution is 7.10. The van der Waals surface area contributed by atoms with Crippen LogP contribution in [0.1, 0.15) is 36.2 Å². The normalized spacial score (nSPS) is 24.8. The zero-order valence-corrected chi connectivity index (χ0v) is 11.8. The molecule has 4 heteroatoms. The molecule has 0 bridgehead atoms. The maximum atomic E-state index is 12.5. The number of carbonyl (C=O) groups excluding carboxylic acids is 1. The molecule has 1 N–H and O–H groups in total. The second kappa shape index (κ2) is 4.67. The smallest absolute Gasteiger partial charge is 0.239 e. The molecule has 18 heavy (non-hydrogen) atoms. The van der Waals surface area contributed by atoms with Crippen LogP contribution in [-0.2, 0) is 11.2 Å². The van der Waals surface area contributed by atoms with Crippen molar-refractivity contribution in [2.75, 3.05) is 13.6 Å². The molecule has 0 radical (unpaired) electrons. The summed E-state index contributed by atoms with van der Waals surface area (Å²) < 4.78 is 0. The summed E-state index contributed by atoms with van der Waals surface area (Å²) >= 11 is 1.85. The molecule has 0 spiro atoms. The molecule has 98 valence electrons. The molecule has 2 heterocycles. The predicted molar refractivity (Wildman–Crippen MR) is 73.7 cm³/mol. The summed E-state index contributed by atoms with van der Waals surface area (Å²) in [5.41, 5.74) is 1.42. The predicted octanol–water partition coefficient (Wildman–Crippen LogP) is 2.19. The van der Waals surface area contributed by atoms with Crippen LogP contribution >= 0.6 is 11.3 Å². The summed E-state index contributed by atoms with van der Waals surface area (Å²) in [5.74, 6) is 0.956. The first-order chi connectivity index (χ1) is 8.72. The van der Waals surface area contributed by atoms with Gasteiger partial charge in [-0.15, -0.1) is 11.3 Å². The van der Waals surface area contributed by atoms with Gasteiger partial charge in [-0.05, 0) is 56.2 Å². The van der Waals surface area contributed by atoms with Crippen LogP contribution in [0.25, 0.3) is 0 Å². The van der Waals surface area contributed by atoms with Crippen molar-refractivity contribution in [2.24, 2.45) is 5.92 Å². The van der Waals surface area contributed by atoms with Crippen LogP contribution in [0.4, 0.5) is 0 Å². The third-order valence-electron chi connectivity index (χ3n) is 4.17. The van der Waals surface area contributed by atoms with Crippen LogP contribution in [0.3, 0.4) is 0 Å². The monoisotopic (exact) mass is 264 g/mol. The van der Waals surface area contributed by atoms with Crippen molar-refractivity contribution in [2.45, 2.75) is 38.3 Å². The lowest BCUT2D eigenvalue weighted by molar-refractivity contribution is -0.136. The Morgan fingerprint density at radius 1 is 1.56 bits per heavy atom. The first-order valence-electron chi connectivity index (χ1n) is 6.76. The minimum Gasteiger partial charge on any atom is -0.334 e. The first kappa shape index (κ1) is 12.2. The molecule has 1 aromatic heterocycles. The molecule has 2 atom stereocenters. The lowest BCUT2D eigenvalue weighted by atomic mass is 9.95. The van der Waals surface area contributed by atoms with Gasteiger partial charge in [0, 0.05) is 11.4 Å². The number of rotatable bonds is 3. The number of likely N-dealkylation sites (N-methyl/N-ethyl adjacent to an activating group) is 1. The van der Waals surface area contributed by atoms with E-state index in [9.17, 15) is 4.79 Å². The van der Waals surface area contributed by atoms with Crippen molar-refractivity contribution in [3.05, 3.63) is 21.9 Å². The highest BCUT2D eigenvalue weighted by Gasteiger charge is 2.42. The van der Waals surface area contributed by atoms with Gasteiger partial charge < -0.3 is 10.2 Å². The van der Waals surface area contributed by atoms with E-state index in [-0.39, 0.29) is 11.9 Å². The standard InChI is InChI=1S/C14H20N2OS/c1-9(15-2)14(17)16-7-5-12-11(6-8-18-12)13(16)10-3-4-10/h6,8-10,13,15H,3-5,7H2,1-2H3. The zero-order chi connectivity index (χ0) is 12.7. The lowest BCUT2D eigenvalue weighted by Gasteiger charge is -2.37. The Hall–Kier alpha value is -0.870. The Labute approximate surface area is 112 Å². The van der Waals surface area contributed by atoms with E-state index in [1.165, 1.54) is 23.3 Å². The number of hydrogen-bond acceptors (Lipinski definition) is 3. The highest BCUT2D eigenvalue weighted by Crippen LogP contribution is 2.48. The van der Waals surface area contributed by atoms with E-state index in [1.807, 2.05) is 25.3 Å². The van der Waals surface area contributed by atoms with Gasteiger partial charge in [0.2, 0.25) is 5.91 Å². The molecule has 3 nitrogen and oxygen atoms in total. The molecule has 2 aliphatic rings. The fourth-order valence-electron chi connectivity index (χ4n) is 2.89. The summed E-state index contributed by atoms with van der Waals surface area (Å²) in [7, 11) is 1.86. The van der Waals surface area contributed by atoms with Gasteiger partial charge in [0.25, 0.3) is 0 Å². The second-order valence-electron chi connectivity index (χ2n) is 5.37. The van der Waals surface area contributed by atoms with E-state index >= 15 is 0 Å². The third kappa shape index (κ3) is 1.97. The van der Waals surface area contributed by atoms with E-state index in [2.05, 4.69) is 21.7 Å². The second-order valence-corrected chi connectivity index (χ2v) is 6.37. The topological polar surface area (TPSA) is 32.3 Å². The number of nitrogens with one attached hydrogen (secondary N) is 1. The number of nitrogens with zero attached hydrogens (tertiary/aromatic N) is 1. The Morgan fingerprint density at radius 3 is 3.00 bits per heavy atom. The highest BCUT2D eigenvalue weighted by atomic mass is 32.1. The first-order valence-corrected chi connectivity index (χ1v) is 7.64. The minimum atomic E-state index is -0.0774. The van der Waals surface area contributed by atoms with Crippen molar-refractivity contribution in [3.8, 4) is 0 Å². The quantitative estimate of drug-likeness (QED) is 0.907. The summed E-state index contributed by atoms with van der Waals surface area (Å²) in [6.45, 7) is 2.84. The van der Waals surface area contributed by atoms with Gasteiger partial charge in [0.05, 0.1) is 12.1 Å². The van der Waals surface area contributed by atoms with Crippen molar-refractivity contribution in [1.82, 2.24) is 10.2 Å². The molecule has 2 unspecified atom stereocenters. The summed E-state index contributed by atoms with van der Waals surface area (Å²) in [6.07, 6.45) is 3.58. The molecule has 3 rings (SSSR count). The average Bonchev–Trinajstić information content (AvgIpc) is 3.12. The van der Waals surface area contributed by atoms with Gasteiger partial charge in [-0.25, -0.2) is 0 Å². The van der Waals surface area contributed by atoms with Gasteiger partial charge in [0.1, 0.15) is 0 Å². The molecule has 1 fully saturated rings. The molecule has 1 saturated carbocycles. The minimum absolute atomic E-state index is 0.0774. The maximum Gasteiger partial charge on any atom is 0.239 e. The maximum absolute atomic E-state index is 12.5. The SMILES string of the molecule is CNC(C)C(=O)N1CCc2sccc2C1C1CC1. The van der Waals surface area contributed by atoms with Crippen LogP contribution in [0, 0.1) is 5.92 Å². The molecule has 0 aromatic carbocycles. The van der Waals surface area contributed by atoms with Crippen molar-refractivity contribution in [1.29, 1.82) is 0 Å². The number of hydrogen-bond donors (Lipinski definition) is 1. The fraction of sp³-hybridized carbons (Fsp3) is 0.643. The molecule has 1 aliphatic heterocycles. The summed E-state index contributed by atoms with van der Waals surface area (Å²) in [4.78, 5) is 16.1. The van der Waals surface area contributed by atoms with Crippen LogP contribution in [0.15, 0.2) is 11.4 Å². The molecule has 0 saturated heterocycles. The van der Waals surface area contributed by atoms with Gasteiger partial charge in [-0.1, -0.05) is 0 Å². The van der Waals surface area contributed by atoms with E-state index in [0.717, 1.165) is 13.0 Å². The summed E-state index contributed by atoms with van der Waals surface area (Å²) in [5, 5.41) is 5.25. The number of amides is 1. The van der Waals surface area contributed by atoms with Crippen LogP contribution in [-0.4, -0.2) is 30.4 Å². The Morgan fingerprint density at radius 2 is 2.33 bits per heavy atom. The van der Waals surface area contributed by atoms with E-state index < -0.39 is 0 Å². The number of thiophene rings is 1. The van der Waals surface area contributed by atoms with Crippen molar-refractivity contribution >= 4 is 17.2 Å². The molecular weight excluding hydrogens is 244 g/mol. The molecule has 1 aliphatic carbocycles. The number of fused-ring (bicyclic) bond motifs is 1. The Kier molecular flexibility index (Phi) is 3.16. The van der Waals surface area contributed by atoms with Gasteiger partial charge >= 0.3 is 0 Å². The van der Waals surface area contributed by atoms with E-state index in [1.54, 1.807) is 0 Å². The zero-order valence-electron chi connectivity index (χ0n) is 11.0. The third-order valence-corrected chi connectivity index (χ3v) is 5.17. The summed E-state index contributed by atoms with van der Waals surface area (Å²) in [6, 6.07) is 2.50. The Balaban J connectivity index is 1.89. The fourth-order valence-corrected chi connectivity index (χ4v) is 3.80. The lowest BCUT2D eigenvalue weighted by Crippen LogP contribution is -2.48. The van der Waals surface area contributed by atoms with E-state index in [4.69, 9.17) is 0 Å². The van der Waals surface area contributed by atoms with Gasteiger partial charge in [-0.2, -0.15) is 0 Å². The Bertz CT molecular complexity index is 452. The molecule has 1 amide bonds. The van der Waals surface area contributed by atoms with Gasteiger partial charge in [-0.3, -0.25) is 4.79 Å². The van der Waals surface area contributed by atoms with E-state index in [0.29, 0.717) is 12.0 Å². The largest absolute Gasteiger partial charge is 0.334 e.